The molecular weight excluding hydrogens is 468 g/mol. The van der Waals surface area contributed by atoms with Crippen LogP contribution in [0.15, 0.2) is 59.5 Å². The summed E-state index contributed by atoms with van der Waals surface area (Å²) >= 11 is 6.30. The maximum atomic E-state index is 13.6. The van der Waals surface area contributed by atoms with Crippen LogP contribution in [-0.4, -0.2) is 20.9 Å². The largest absolute Gasteiger partial charge is 0.348 e. The molecule has 1 atom stereocenters. The topological polar surface area (TPSA) is 66.5 Å². The van der Waals surface area contributed by atoms with Crippen LogP contribution in [-0.2, 0) is 14.8 Å². The van der Waals surface area contributed by atoms with Crippen molar-refractivity contribution >= 4 is 33.2 Å². The first-order chi connectivity index (χ1) is 15.9. The van der Waals surface area contributed by atoms with Gasteiger partial charge in [0.15, 0.2) is 0 Å². The predicted octanol–water partition coefficient (Wildman–Crippen LogP) is 5.95. The summed E-state index contributed by atoms with van der Waals surface area (Å²) in [5.41, 5.74) is 6.31. The van der Waals surface area contributed by atoms with Crippen molar-refractivity contribution in [3.8, 4) is 0 Å². The Morgan fingerprint density at radius 3 is 2.21 bits per heavy atom. The molecule has 0 saturated carbocycles. The molecule has 0 bridgehead atoms. The lowest BCUT2D eigenvalue weighted by Gasteiger charge is -2.27. The van der Waals surface area contributed by atoms with Crippen molar-refractivity contribution < 1.29 is 13.2 Å². The quantitative estimate of drug-likeness (QED) is 0.437. The zero-order valence-corrected chi connectivity index (χ0v) is 22.0. The summed E-state index contributed by atoms with van der Waals surface area (Å²) in [6.45, 7) is 11.3. The second kappa shape index (κ2) is 10.2. The van der Waals surface area contributed by atoms with Crippen LogP contribution >= 0.6 is 11.6 Å². The number of carbonyl (C=O) groups is 1. The average Bonchev–Trinajstić information content (AvgIpc) is 2.77. The molecule has 0 aromatic heterocycles. The molecular formula is C27H31ClN2O3S. The van der Waals surface area contributed by atoms with Crippen molar-refractivity contribution in [3.63, 3.8) is 0 Å². The molecule has 0 aliphatic rings. The molecule has 3 aromatic carbocycles. The number of nitrogens with one attached hydrogen (secondary N) is 1. The third kappa shape index (κ3) is 5.45. The monoisotopic (exact) mass is 498 g/mol. The van der Waals surface area contributed by atoms with Gasteiger partial charge < -0.3 is 5.32 Å². The van der Waals surface area contributed by atoms with E-state index < -0.39 is 15.9 Å². The molecule has 7 heteroatoms. The van der Waals surface area contributed by atoms with Crippen LogP contribution in [0.25, 0.3) is 0 Å². The second-order valence-corrected chi connectivity index (χ2v) is 11.1. The second-order valence-electron chi connectivity index (χ2n) is 8.79. The number of nitrogens with zero attached hydrogens (tertiary/aromatic N) is 1. The number of sulfonamides is 1. The van der Waals surface area contributed by atoms with Gasteiger partial charge in [-0.1, -0.05) is 47.5 Å². The summed E-state index contributed by atoms with van der Waals surface area (Å²) in [6, 6.07) is 15.5. The van der Waals surface area contributed by atoms with Crippen molar-refractivity contribution in [2.45, 2.75) is 52.5 Å². The Morgan fingerprint density at radius 2 is 1.56 bits per heavy atom. The fourth-order valence-electron chi connectivity index (χ4n) is 3.95. The molecule has 34 heavy (non-hydrogen) atoms. The van der Waals surface area contributed by atoms with Crippen LogP contribution in [0.4, 0.5) is 5.69 Å². The van der Waals surface area contributed by atoms with E-state index in [1.807, 2.05) is 27.7 Å². The number of hydrogen-bond donors (Lipinski definition) is 1. The Kier molecular flexibility index (Phi) is 7.74. The number of benzene rings is 3. The highest BCUT2D eigenvalue weighted by Crippen LogP contribution is 2.31. The Morgan fingerprint density at radius 1 is 0.941 bits per heavy atom. The first-order valence-electron chi connectivity index (χ1n) is 11.1. The molecule has 180 valence electrons. The minimum atomic E-state index is -4.01. The molecule has 0 saturated heterocycles. The molecule has 0 heterocycles. The fraction of sp³-hybridized carbons (Fsp3) is 0.296. The highest BCUT2D eigenvalue weighted by Gasteiger charge is 2.29. The Bertz CT molecular complexity index is 1320. The predicted molar refractivity (Wildman–Crippen MR) is 139 cm³/mol. The van der Waals surface area contributed by atoms with Gasteiger partial charge in [0.1, 0.15) is 6.54 Å². The smallest absolute Gasteiger partial charge is 0.264 e. The van der Waals surface area contributed by atoms with Crippen LogP contribution in [0.5, 0.6) is 0 Å². The molecule has 0 aliphatic carbocycles. The van der Waals surface area contributed by atoms with E-state index in [2.05, 4.69) is 24.4 Å². The van der Waals surface area contributed by atoms with Crippen LogP contribution in [0.3, 0.4) is 0 Å². The van der Waals surface area contributed by atoms with Gasteiger partial charge >= 0.3 is 0 Å². The Hall–Kier alpha value is -2.83. The molecule has 0 aliphatic heterocycles. The zero-order valence-electron chi connectivity index (χ0n) is 20.4. The molecule has 0 fully saturated rings. The third-order valence-electron chi connectivity index (χ3n) is 6.13. The number of anilines is 1. The molecule has 3 rings (SSSR count). The number of hydrogen-bond acceptors (Lipinski definition) is 3. The summed E-state index contributed by atoms with van der Waals surface area (Å²) in [5.74, 6) is -0.403. The molecule has 1 amide bonds. The molecule has 0 unspecified atom stereocenters. The lowest BCUT2D eigenvalue weighted by molar-refractivity contribution is -0.120. The number of halogens is 1. The Labute approximate surface area is 207 Å². The van der Waals surface area contributed by atoms with Gasteiger partial charge in [0.25, 0.3) is 10.0 Å². The number of amides is 1. The standard InChI is InChI=1S/C27H31ClN2O3S/c1-17-10-12-23(13-11-17)34(32,33)30(26-9-7-8-25(28)21(26)5)16-27(31)29-22(6)24-15-19(3)18(2)14-20(24)4/h7-15,22H,16H2,1-6H3,(H,29,31)/t22-/m1/s1. The van der Waals surface area contributed by atoms with Gasteiger partial charge in [-0.25, -0.2) is 8.42 Å². The van der Waals surface area contributed by atoms with E-state index in [0.717, 1.165) is 26.6 Å². The highest BCUT2D eigenvalue weighted by molar-refractivity contribution is 7.92. The van der Waals surface area contributed by atoms with Crippen LogP contribution in [0, 0.1) is 34.6 Å². The van der Waals surface area contributed by atoms with E-state index in [1.165, 1.54) is 5.56 Å². The van der Waals surface area contributed by atoms with E-state index in [-0.39, 0.29) is 17.5 Å². The fourth-order valence-corrected chi connectivity index (χ4v) is 5.60. The molecule has 0 spiro atoms. The van der Waals surface area contributed by atoms with Crippen LogP contribution in [0.2, 0.25) is 5.02 Å². The van der Waals surface area contributed by atoms with Crippen molar-refractivity contribution in [2.75, 3.05) is 10.8 Å². The molecule has 0 radical (unpaired) electrons. The van der Waals surface area contributed by atoms with Crippen molar-refractivity contribution in [1.29, 1.82) is 0 Å². The van der Waals surface area contributed by atoms with Gasteiger partial charge in [0.05, 0.1) is 16.6 Å². The van der Waals surface area contributed by atoms with Crippen molar-refractivity contribution in [2.24, 2.45) is 0 Å². The Balaban J connectivity index is 1.96. The van der Waals surface area contributed by atoms with E-state index in [0.29, 0.717) is 16.3 Å². The summed E-state index contributed by atoms with van der Waals surface area (Å²) in [7, 11) is -4.01. The molecule has 1 N–H and O–H groups in total. The van der Waals surface area contributed by atoms with Gasteiger partial charge in [-0.05, 0) is 93.6 Å². The minimum absolute atomic E-state index is 0.114. The van der Waals surface area contributed by atoms with E-state index in [4.69, 9.17) is 11.6 Å². The summed E-state index contributed by atoms with van der Waals surface area (Å²) < 4.78 is 28.4. The van der Waals surface area contributed by atoms with E-state index >= 15 is 0 Å². The maximum absolute atomic E-state index is 13.6. The minimum Gasteiger partial charge on any atom is -0.348 e. The molecule has 3 aromatic rings. The van der Waals surface area contributed by atoms with Gasteiger partial charge in [-0.3, -0.25) is 9.10 Å². The van der Waals surface area contributed by atoms with Crippen molar-refractivity contribution in [3.05, 3.63) is 93.0 Å². The van der Waals surface area contributed by atoms with Gasteiger partial charge in [-0.15, -0.1) is 0 Å². The first kappa shape index (κ1) is 25.8. The van der Waals surface area contributed by atoms with Crippen molar-refractivity contribution in [1.82, 2.24) is 5.32 Å². The number of rotatable bonds is 7. The maximum Gasteiger partial charge on any atom is 0.264 e. The normalized spacial score (nSPS) is 12.3. The SMILES string of the molecule is Cc1ccc(S(=O)(=O)N(CC(=O)N[C@H](C)c2cc(C)c(C)cc2C)c2cccc(Cl)c2C)cc1. The highest BCUT2D eigenvalue weighted by atomic mass is 35.5. The average molecular weight is 499 g/mol. The van der Waals surface area contributed by atoms with E-state index in [1.54, 1.807) is 49.4 Å². The summed E-state index contributed by atoms with van der Waals surface area (Å²) in [5, 5.41) is 3.40. The lowest BCUT2D eigenvalue weighted by atomic mass is 9.96. The molecule has 5 nitrogen and oxygen atoms in total. The van der Waals surface area contributed by atoms with Crippen LogP contribution in [0.1, 0.15) is 46.3 Å². The summed E-state index contributed by atoms with van der Waals surface area (Å²) in [4.78, 5) is 13.3. The van der Waals surface area contributed by atoms with E-state index in [9.17, 15) is 13.2 Å². The van der Waals surface area contributed by atoms with Crippen LogP contribution < -0.4 is 9.62 Å². The summed E-state index contributed by atoms with van der Waals surface area (Å²) in [6.07, 6.45) is 0. The first-order valence-corrected chi connectivity index (χ1v) is 12.9. The van der Waals surface area contributed by atoms with Gasteiger partial charge in [-0.2, -0.15) is 0 Å². The van der Waals surface area contributed by atoms with Gasteiger partial charge in [0.2, 0.25) is 5.91 Å². The van der Waals surface area contributed by atoms with Gasteiger partial charge in [0, 0.05) is 5.02 Å². The lowest BCUT2D eigenvalue weighted by Crippen LogP contribution is -2.42. The number of aryl methyl sites for hydroxylation is 4. The number of carbonyl (C=O) groups excluding carboxylic acids is 1. The zero-order chi connectivity index (χ0) is 25.2. The third-order valence-corrected chi connectivity index (χ3v) is 8.31.